The molecule has 0 saturated carbocycles. The van der Waals surface area contributed by atoms with Gasteiger partial charge < -0.3 is 11.1 Å². The van der Waals surface area contributed by atoms with Crippen LogP contribution in [0.5, 0.6) is 0 Å². The Morgan fingerprint density at radius 1 is 1.50 bits per heavy atom. The molecule has 4 heteroatoms. The summed E-state index contributed by atoms with van der Waals surface area (Å²) in [6.07, 6.45) is 0. The van der Waals surface area contributed by atoms with Crippen molar-refractivity contribution >= 4 is 11.6 Å². The summed E-state index contributed by atoms with van der Waals surface area (Å²) in [7, 11) is 0. The van der Waals surface area contributed by atoms with E-state index in [0.717, 1.165) is 0 Å². The number of hydrogen-bond acceptors (Lipinski definition) is 2. The molecule has 1 aromatic rings. The highest BCUT2D eigenvalue weighted by molar-refractivity contribution is 5.92. The topological polar surface area (TPSA) is 55.1 Å². The number of hydrogen-bond donors (Lipinski definition) is 2. The molecule has 0 aliphatic rings. The third-order valence-corrected chi connectivity index (χ3v) is 2.49. The van der Waals surface area contributed by atoms with Gasteiger partial charge in [0.05, 0.1) is 5.92 Å². The summed E-state index contributed by atoms with van der Waals surface area (Å²) in [5, 5.41) is 2.66. The normalized spacial score (nSPS) is 12.6. The summed E-state index contributed by atoms with van der Waals surface area (Å²) in [4.78, 5) is 11.8. The zero-order chi connectivity index (χ0) is 12.1. The van der Waals surface area contributed by atoms with Crippen LogP contribution in [0.2, 0.25) is 0 Å². The summed E-state index contributed by atoms with van der Waals surface area (Å²) >= 11 is 0. The number of carbonyl (C=O) groups excluding carboxylic acids is 1. The van der Waals surface area contributed by atoms with E-state index in [1.807, 2.05) is 13.8 Å². The Labute approximate surface area is 94.8 Å². The lowest BCUT2D eigenvalue weighted by molar-refractivity contribution is -0.120. The third kappa shape index (κ3) is 3.31. The molecule has 1 rings (SSSR count). The molecule has 1 atom stereocenters. The lowest BCUT2D eigenvalue weighted by Crippen LogP contribution is -2.33. The second-order valence-corrected chi connectivity index (χ2v) is 4.09. The first kappa shape index (κ1) is 12.6. The van der Waals surface area contributed by atoms with Crippen molar-refractivity contribution in [3.63, 3.8) is 0 Å². The Morgan fingerprint density at radius 2 is 2.19 bits per heavy atom. The van der Waals surface area contributed by atoms with Crippen LogP contribution in [0, 0.1) is 17.7 Å². The van der Waals surface area contributed by atoms with Gasteiger partial charge in [0, 0.05) is 12.2 Å². The van der Waals surface area contributed by atoms with Crippen molar-refractivity contribution in [3.05, 3.63) is 30.1 Å². The lowest BCUT2D eigenvalue weighted by atomic mass is 9.95. The van der Waals surface area contributed by atoms with Crippen LogP contribution >= 0.6 is 0 Å². The number of nitrogens with two attached hydrogens (primary N) is 1. The summed E-state index contributed by atoms with van der Waals surface area (Å²) in [6, 6.07) is 5.82. The van der Waals surface area contributed by atoms with E-state index < -0.39 is 0 Å². The van der Waals surface area contributed by atoms with Crippen LogP contribution in [0.4, 0.5) is 10.1 Å². The van der Waals surface area contributed by atoms with Crippen molar-refractivity contribution in [2.24, 2.45) is 17.6 Å². The average molecular weight is 224 g/mol. The van der Waals surface area contributed by atoms with E-state index in [0.29, 0.717) is 12.2 Å². The van der Waals surface area contributed by atoms with E-state index in [2.05, 4.69) is 5.32 Å². The number of halogens is 1. The van der Waals surface area contributed by atoms with Gasteiger partial charge in [0.15, 0.2) is 0 Å². The van der Waals surface area contributed by atoms with Gasteiger partial charge in [0.2, 0.25) is 5.91 Å². The molecule has 3 nitrogen and oxygen atoms in total. The monoisotopic (exact) mass is 224 g/mol. The summed E-state index contributed by atoms with van der Waals surface area (Å²) in [5.41, 5.74) is 5.99. The minimum atomic E-state index is -0.369. The Kier molecular flexibility index (Phi) is 4.43. The molecule has 0 radical (unpaired) electrons. The second-order valence-electron chi connectivity index (χ2n) is 4.09. The second kappa shape index (κ2) is 5.61. The molecule has 0 fully saturated rings. The molecule has 0 heterocycles. The molecule has 1 amide bonds. The molecule has 0 aliphatic carbocycles. The van der Waals surface area contributed by atoms with Crippen LogP contribution in [0.1, 0.15) is 13.8 Å². The van der Waals surface area contributed by atoms with Crippen LogP contribution < -0.4 is 11.1 Å². The summed E-state index contributed by atoms with van der Waals surface area (Å²) in [6.45, 7) is 4.16. The van der Waals surface area contributed by atoms with Crippen molar-refractivity contribution in [1.29, 1.82) is 0 Å². The fourth-order valence-electron chi connectivity index (χ4n) is 1.48. The highest BCUT2D eigenvalue weighted by Gasteiger charge is 2.20. The van der Waals surface area contributed by atoms with E-state index in [9.17, 15) is 9.18 Å². The van der Waals surface area contributed by atoms with Crippen molar-refractivity contribution in [2.75, 3.05) is 11.9 Å². The first-order valence-corrected chi connectivity index (χ1v) is 5.31. The number of rotatable bonds is 4. The molecule has 1 aromatic carbocycles. The van der Waals surface area contributed by atoms with E-state index >= 15 is 0 Å². The number of carbonyl (C=O) groups is 1. The molecule has 88 valence electrons. The molecule has 0 saturated heterocycles. The van der Waals surface area contributed by atoms with Gasteiger partial charge in [-0.05, 0) is 24.1 Å². The number of nitrogens with one attached hydrogen (secondary N) is 1. The van der Waals surface area contributed by atoms with Gasteiger partial charge >= 0.3 is 0 Å². The molecule has 1 unspecified atom stereocenters. The fraction of sp³-hybridized carbons (Fsp3) is 0.417. The number of amides is 1. The van der Waals surface area contributed by atoms with Gasteiger partial charge in [-0.1, -0.05) is 19.9 Å². The number of anilines is 1. The molecule has 0 aliphatic heterocycles. The maximum absolute atomic E-state index is 12.9. The highest BCUT2D eigenvalue weighted by Crippen LogP contribution is 2.14. The molecule has 3 N–H and O–H groups in total. The summed E-state index contributed by atoms with van der Waals surface area (Å²) in [5.74, 6) is -0.614. The Bertz CT molecular complexity index is 366. The first-order chi connectivity index (χ1) is 7.54. The zero-order valence-corrected chi connectivity index (χ0v) is 9.53. The molecule has 0 spiro atoms. The fourth-order valence-corrected chi connectivity index (χ4v) is 1.48. The van der Waals surface area contributed by atoms with Crippen LogP contribution in [-0.4, -0.2) is 12.5 Å². The van der Waals surface area contributed by atoms with Gasteiger partial charge in [-0.15, -0.1) is 0 Å². The van der Waals surface area contributed by atoms with Crippen LogP contribution in [0.3, 0.4) is 0 Å². The molecular formula is C12H17FN2O. The van der Waals surface area contributed by atoms with E-state index in [4.69, 9.17) is 5.73 Å². The van der Waals surface area contributed by atoms with E-state index in [1.54, 1.807) is 12.1 Å². The molecule has 0 bridgehead atoms. The standard InChI is InChI=1S/C12H17FN2O/c1-8(2)11(7-14)12(16)15-10-5-3-4-9(13)6-10/h3-6,8,11H,7,14H2,1-2H3,(H,15,16). The predicted octanol–water partition coefficient (Wildman–Crippen LogP) is 2.00. The van der Waals surface area contributed by atoms with Crippen molar-refractivity contribution in [3.8, 4) is 0 Å². The van der Waals surface area contributed by atoms with Crippen molar-refractivity contribution < 1.29 is 9.18 Å². The van der Waals surface area contributed by atoms with E-state index in [-0.39, 0.29) is 23.6 Å². The van der Waals surface area contributed by atoms with Crippen LogP contribution in [0.25, 0.3) is 0 Å². The van der Waals surface area contributed by atoms with Crippen molar-refractivity contribution in [2.45, 2.75) is 13.8 Å². The van der Waals surface area contributed by atoms with Crippen molar-refractivity contribution in [1.82, 2.24) is 0 Å². The quantitative estimate of drug-likeness (QED) is 0.821. The predicted molar refractivity (Wildman–Crippen MR) is 62.4 cm³/mol. The Morgan fingerprint density at radius 3 is 2.69 bits per heavy atom. The lowest BCUT2D eigenvalue weighted by Gasteiger charge is -2.18. The Balaban J connectivity index is 2.70. The smallest absolute Gasteiger partial charge is 0.229 e. The Hall–Kier alpha value is -1.42. The molecule has 0 aromatic heterocycles. The molecular weight excluding hydrogens is 207 g/mol. The largest absolute Gasteiger partial charge is 0.330 e. The maximum atomic E-state index is 12.9. The zero-order valence-electron chi connectivity index (χ0n) is 9.53. The van der Waals surface area contributed by atoms with Gasteiger partial charge in [-0.25, -0.2) is 4.39 Å². The van der Waals surface area contributed by atoms with Gasteiger partial charge in [0.25, 0.3) is 0 Å². The van der Waals surface area contributed by atoms with Gasteiger partial charge in [-0.3, -0.25) is 4.79 Å². The highest BCUT2D eigenvalue weighted by atomic mass is 19.1. The maximum Gasteiger partial charge on any atom is 0.229 e. The number of benzene rings is 1. The minimum absolute atomic E-state index is 0.164. The van der Waals surface area contributed by atoms with Gasteiger partial charge in [0.1, 0.15) is 5.82 Å². The average Bonchev–Trinajstić information content (AvgIpc) is 2.17. The van der Waals surface area contributed by atoms with Gasteiger partial charge in [-0.2, -0.15) is 0 Å². The van der Waals surface area contributed by atoms with Crippen LogP contribution in [0.15, 0.2) is 24.3 Å². The van der Waals surface area contributed by atoms with E-state index in [1.165, 1.54) is 12.1 Å². The third-order valence-electron chi connectivity index (χ3n) is 2.49. The first-order valence-electron chi connectivity index (χ1n) is 5.31. The SMILES string of the molecule is CC(C)C(CN)C(=O)Nc1cccc(F)c1. The summed E-state index contributed by atoms with van der Waals surface area (Å²) < 4.78 is 12.9. The molecule has 16 heavy (non-hydrogen) atoms. The van der Waals surface area contributed by atoms with Crippen LogP contribution in [-0.2, 0) is 4.79 Å². The minimum Gasteiger partial charge on any atom is -0.330 e.